The first kappa shape index (κ1) is 7.54. The fraction of sp³-hybridized carbons (Fsp3) is 0.583. The average Bonchev–Trinajstić information content (AvgIpc) is 2.62. The van der Waals surface area contributed by atoms with Crippen LogP contribution in [-0.2, 0) is 4.79 Å². The van der Waals surface area contributed by atoms with E-state index in [9.17, 15) is 4.79 Å². The molecule has 0 saturated heterocycles. The molecule has 0 aromatic heterocycles. The molecule has 0 amide bonds. The van der Waals surface area contributed by atoms with Crippen molar-refractivity contribution in [2.24, 2.45) is 23.7 Å². The maximum Gasteiger partial charge on any atom is 0.159 e. The summed E-state index contributed by atoms with van der Waals surface area (Å²) >= 11 is 0. The number of carbonyl (C=O) groups excluding carboxylic acids is 1. The molecule has 3 aliphatic rings. The molecule has 4 atom stereocenters. The number of hydrogen-bond donors (Lipinski definition) is 0. The van der Waals surface area contributed by atoms with Gasteiger partial charge in [-0.05, 0) is 43.6 Å². The van der Waals surface area contributed by atoms with Gasteiger partial charge in [-0.25, -0.2) is 0 Å². The molecule has 0 N–H and O–H groups in total. The molecular formula is C12H14O. The van der Waals surface area contributed by atoms with Crippen LogP contribution < -0.4 is 0 Å². The Bertz CT molecular complexity index is 324. The van der Waals surface area contributed by atoms with Gasteiger partial charge < -0.3 is 0 Å². The third-order valence-electron chi connectivity index (χ3n) is 3.90. The molecule has 3 rings (SSSR count). The minimum Gasteiger partial charge on any atom is -0.295 e. The number of carbonyl (C=O) groups is 1. The zero-order chi connectivity index (χ0) is 9.00. The molecule has 1 saturated carbocycles. The van der Waals surface area contributed by atoms with E-state index >= 15 is 0 Å². The van der Waals surface area contributed by atoms with Crippen molar-refractivity contribution in [3.63, 3.8) is 0 Å². The molecule has 1 fully saturated rings. The maximum atomic E-state index is 11.8. The second-order valence-electron chi connectivity index (χ2n) is 4.74. The highest BCUT2D eigenvalue weighted by atomic mass is 16.1. The van der Waals surface area contributed by atoms with Gasteiger partial charge in [0.1, 0.15) is 0 Å². The quantitative estimate of drug-likeness (QED) is 0.515. The Morgan fingerprint density at radius 3 is 2.92 bits per heavy atom. The van der Waals surface area contributed by atoms with Crippen molar-refractivity contribution in [1.82, 2.24) is 0 Å². The molecule has 1 nitrogen and oxygen atoms in total. The fourth-order valence-electron chi connectivity index (χ4n) is 3.39. The first-order chi connectivity index (χ1) is 6.25. The van der Waals surface area contributed by atoms with Crippen molar-refractivity contribution in [2.75, 3.05) is 0 Å². The van der Waals surface area contributed by atoms with E-state index in [4.69, 9.17) is 0 Å². The van der Waals surface area contributed by atoms with Gasteiger partial charge in [0, 0.05) is 5.92 Å². The van der Waals surface area contributed by atoms with Crippen molar-refractivity contribution < 1.29 is 4.79 Å². The number of hydrogen-bond acceptors (Lipinski definition) is 1. The minimum atomic E-state index is 0.346. The third-order valence-corrected chi connectivity index (χ3v) is 3.90. The standard InChI is InChI=1S/C12H14O/c1-7-4-10-8-2-3-9(6-8)12(10)11(13)5-7/h2-3,5,8-10,12H,4,6H2,1H3/t8-,9+,10-,12+/m1/s1. The summed E-state index contributed by atoms with van der Waals surface area (Å²) in [5.41, 5.74) is 1.28. The molecule has 0 aromatic carbocycles. The molecule has 68 valence electrons. The summed E-state index contributed by atoms with van der Waals surface area (Å²) in [5.74, 6) is 2.67. The number of rotatable bonds is 0. The van der Waals surface area contributed by atoms with E-state index in [1.54, 1.807) is 0 Å². The Hall–Kier alpha value is -0.850. The molecule has 0 heterocycles. The van der Waals surface area contributed by atoms with Crippen LogP contribution in [0.1, 0.15) is 19.8 Å². The number of allylic oxidation sites excluding steroid dienone is 4. The van der Waals surface area contributed by atoms with Crippen LogP contribution in [0, 0.1) is 23.7 Å². The predicted molar refractivity (Wildman–Crippen MR) is 51.1 cm³/mol. The zero-order valence-corrected chi connectivity index (χ0v) is 7.86. The van der Waals surface area contributed by atoms with Crippen LogP contribution in [0.5, 0.6) is 0 Å². The summed E-state index contributed by atoms with van der Waals surface area (Å²) in [6.45, 7) is 2.09. The molecule has 0 aliphatic heterocycles. The molecule has 0 unspecified atom stereocenters. The fourth-order valence-corrected chi connectivity index (χ4v) is 3.39. The number of ketones is 1. The van der Waals surface area contributed by atoms with Crippen LogP contribution in [0.25, 0.3) is 0 Å². The van der Waals surface area contributed by atoms with E-state index in [1.165, 1.54) is 12.0 Å². The van der Waals surface area contributed by atoms with Gasteiger partial charge in [-0.1, -0.05) is 17.7 Å². The van der Waals surface area contributed by atoms with E-state index < -0.39 is 0 Å². The lowest BCUT2D eigenvalue weighted by Gasteiger charge is -2.29. The van der Waals surface area contributed by atoms with Crippen molar-refractivity contribution in [3.8, 4) is 0 Å². The molecule has 1 heteroatoms. The Balaban J connectivity index is 2.01. The highest BCUT2D eigenvalue weighted by Gasteiger charge is 2.48. The van der Waals surface area contributed by atoms with Crippen molar-refractivity contribution in [3.05, 3.63) is 23.8 Å². The van der Waals surface area contributed by atoms with Crippen LogP contribution in [0.4, 0.5) is 0 Å². The molecule has 3 aliphatic carbocycles. The third kappa shape index (κ3) is 0.903. The topological polar surface area (TPSA) is 17.1 Å². The van der Waals surface area contributed by atoms with Crippen molar-refractivity contribution in [2.45, 2.75) is 19.8 Å². The normalized spacial score (nSPS) is 46.5. The van der Waals surface area contributed by atoms with Gasteiger partial charge in [0.25, 0.3) is 0 Å². The Morgan fingerprint density at radius 1 is 1.31 bits per heavy atom. The zero-order valence-electron chi connectivity index (χ0n) is 7.86. The molecule has 13 heavy (non-hydrogen) atoms. The van der Waals surface area contributed by atoms with Gasteiger partial charge in [-0.2, -0.15) is 0 Å². The summed E-state index contributed by atoms with van der Waals surface area (Å²) in [6, 6.07) is 0. The summed E-state index contributed by atoms with van der Waals surface area (Å²) in [6.07, 6.45) is 8.86. The minimum absolute atomic E-state index is 0.346. The Kier molecular flexibility index (Phi) is 1.36. The van der Waals surface area contributed by atoms with E-state index in [2.05, 4.69) is 19.1 Å². The van der Waals surface area contributed by atoms with Crippen LogP contribution in [0.2, 0.25) is 0 Å². The van der Waals surface area contributed by atoms with Gasteiger partial charge in [0.2, 0.25) is 0 Å². The lowest BCUT2D eigenvalue weighted by Crippen LogP contribution is -2.29. The van der Waals surface area contributed by atoms with Gasteiger partial charge in [0.05, 0.1) is 0 Å². The highest BCUT2D eigenvalue weighted by Crippen LogP contribution is 2.52. The van der Waals surface area contributed by atoms with E-state index in [0.29, 0.717) is 29.5 Å². The molecular weight excluding hydrogens is 160 g/mol. The summed E-state index contributed by atoms with van der Waals surface area (Å²) in [5, 5.41) is 0. The second-order valence-corrected chi connectivity index (χ2v) is 4.74. The van der Waals surface area contributed by atoms with Gasteiger partial charge in [0.15, 0.2) is 5.78 Å². The van der Waals surface area contributed by atoms with E-state index in [0.717, 1.165) is 6.42 Å². The maximum absolute atomic E-state index is 11.8. The summed E-state index contributed by atoms with van der Waals surface area (Å²) in [7, 11) is 0. The summed E-state index contributed by atoms with van der Waals surface area (Å²) in [4.78, 5) is 11.8. The largest absolute Gasteiger partial charge is 0.295 e. The molecule has 2 bridgehead atoms. The van der Waals surface area contributed by atoms with E-state index in [-0.39, 0.29) is 0 Å². The Labute approximate surface area is 78.5 Å². The van der Waals surface area contributed by atoms with Crippen molar-refractivity contribution >= 4 is 5.78 Å². The highest BCUT2D eigenvalue weighted by molar-refractivity contribution is 5.94. The average molecular weight is 174 g/mol. The van der Waals surface area contributed by atoms with Gasteiger partial charge >= 0.3 is 0 Å². The SMILES string of the molecule is CC1=CC(=O)[C@@H]2[C@H](C1)[C@@H]1C=C[C@H]2C1. The van der Waals surface area contributed by atoms with Crippen LogP contribution >= 0.6 is 0 Å². The van der Waals surface area contributed by atoms with Gasteiger partial charge in [-0.15, -0.1) is 0 Å². The van der Waals surface area contributed by atoms with Gasteiger partial charge in [-0.3, -0.25) is 4.79 Å². The molecule has 0 aromatic rings. The number of fused-ring (bicyclic) bond motifs is 5. The van der Waals surface area contributed by atoms with Crippen LogP contribution in [0.15, 0.2) is 23.8 Å². The Morgan fingerprint density at radius 2 is 2.08 bits per heavy atom. The lowest BCUT2D eigenvalue weighted by atomic mass is 9.73. The van der Waals surface area contributed by atoms with Crippen LogP contribution in [-0.4, -0.2) is 5.78 Å². The second kappa shape index (κ2) is 2.34. The lowest BCUT2D eigenvalue weighted by molar-refractivity contribution is -0.120. The predicted octanol–water partition coefficient (Wildman–Crippen LogP) is 2.34. The smallest absolute Gasteiger partial charge is 0.159 e. The van der Waals surface area contributed by atoms with Crippen LogP contribution in [0.3, 0.4) is 0 Å². The van der Waals surface area contributed by atoms with E-state index in [1.807, 2.05) is 6.08 Å². The first-order valence-electron chi connectivity index (χ1n) is 5.15. The monoisotopic (exact) mass is 174 g/mol. The first-order valence-corrected chi connectivity index (χ1v) is 5.15. The molecule has 0 radical (unpaired) electrons. The van der Waals surface area contributed by atoms with Crippen molar-refractivity contribution in [1.29, 1.82) is 0 Å². The summed E-state index contributed by atoms with van der Waals surface area (Å²) < 4.78 is 0. The molecule has 0 spiro atoms.